The van der Waals surface area contributed by atoms with Gasteiger partial charge in [-0.05, 0) is 1.34 Å². The topological polar surface area (TPSA) is 0 Å². The minimum atomic E-state index is -0.767. The first-order valence-electron chi connectivity index (χ1n) is 2.13. The Hall–Kier alpha value is 1.78. The summed E-state index contributed by atoms with van der Waals surface area (Å²) in [6.07, 6.45) is 0. The van der Waals surface area contributed by atoms with Crippen molar-refractivity contribution in [2.75, 3.05) is 0 Å². The third-order valence-corrected chi connectivity index (χ3v) is 4.02. The fourth-order valence-electron chi connectivity index (χ4n) is 0.0430. The van der Waals surface area contributed by atoms with Gasteiger partial charge in [0.1, 0.15) is 0 Å². The Morgan fingerprint density at radius 1 is 2.20 bits per heavy atom. The predicted molar refractivity (Wildman–Crippen MR) is 43.2 cm³/mol. The van der Waals surface area contributed by atoms with Crippen LogP contribution in [0.25, 0.3) is 0 Å². The Bertz CT molecular complexity index is 47.0. The molecule has 0 radical (unpaired) electrons. The molecule has 0 spiro atoms. The summed E-state index contributed by atoms with van der Waals surface area (Å²) in [5.74, 6) is 0. The van der Waals surface area contributed by atoms with E-state index in [0.29, 0.717) is 7.96 Å². The molecule has 0 heterocycles. The standard InChI is InChI=1S/BH7P4/c2-1-4-5-3/h1,4-5H,2-3H2/i1D,4D. The zero-order valence-electron chi connectivity index (χ0n) is 4.68. The van der Waals surface area contributed by atoms with Gasteiger partial charge in [-0.1, -0.05) is 7.96 Å². The van der Waals surface area contributed by atoms with Gasteiger partial charge in [-0.3, -0.25) is 0 Å². The zero-order valence-corrected chi connectivity index (χ0v) is 6.88. The highest BCUT2D eigenvalue weighted by atomic mass is 32.4. The lowest BCUT2D eigenvalue weighted by atomic mass is 10.7. The van der Waals surface area contributed by atoms with Crippen molar-refractivity contribution >= 4 is 40.8 Å². The lowest BCUT2D eigenvalue weighted by Gasteiger charge is -1.78. The van der Waals surface area contributed by atoms with E-state index in [1.807, 2.05) is 0 Å². The minimum absolute atomic E-state index is 0.245. The molecule has 0 bridgehead atoms. The van der Waals surface area contributed by atoms with Crippen molar-refractivity contribution in [3.05, 3.63) is 0 Å². The van der Waals surface area contributed by atoms with Crippen LogP contribution in [0.5, 0.6) is 0 Å². The molecule has 0 saturated carbocycles. The molecule has 0 aromatic heterocycles. The van der Waals surface area contributed by atoms with Gasteiger partial charge in [0.05, 0.1) is 1.28 Å². The molecule has 0 aromatic rings. The molecule has 0 aromatic carbocycles. The van der Waals surface area contributed by atoms with Gasteiger partial charge in [-0.25, -0.2) is 0 Å². The van der Waals surface area contributed by atoms with Crippen LogP contribution in [0.4, 0.5) is 0 Å². The summed E-state index contributed by atoms with van der Waals surface area (Å²) < 4.78 is 14.1. The van der Waals surface area contributed by atoms with Gasteiger partial charge in [0.15, 0.2) is 6.68 Å². The number of rotatable bonds is 2. The smallest absolute Gasteiger partial charge is 0.169 e. The number of hydrogen-bond donors (Lipinski definition) is 0. The van der Waals surface area contributed by atoms with Crippen molar-refractivity contribution in [1.82, 2.24) is 0 Å². The maximum atomic E-state index is 7.12. The van der Waals surface area contributed by atoms with E-state index in [1.165, 1.54) is 0 Å². The summed E-state index contributed by atoms with van der Waals surface area (Å²) >= 11 is 0. The van der Waals surface area contributed by atoms with E-state index in [-0.39, 0.29) is 6.68 Å². The van der Waals surface area contributed by atoms with E-state index in [0.717, 1.165) is 0 Å². The van der Waals surface area contributed by atoms with Crippen molar-refractivity contribution in [2.45, 2.75) is 0 Å². The van der Waals surface area contributed by atoms with Crippen LogP contribution in [0.3, 0.4) is 0 Å². The summed E-state index contributed by atoms with van der Waals surface area (Å²) in [6.45, 7) is -0.245. The van der Waals surface area contributed by atoms with Gasteiger partial charge in [0, 0.05) is 0 Å². The van der Waals surface area contributed by atoms with Crippen molar-refractivity contribution in [3.63, 3.8) is 0 Å². The van der Waals surface area contributed by atoms with Gasteiger partial charge in [0.2, 0.25) is 0 Å². The van der Waals surface area contributed by atoms with Crippen LogP contribution in [-0.2, 0) is 0 Å². The molecule has 0 fully saturated rings. The van der Waals surface area contributed by atoms with E-state index in [9.17, 15) is 0 Å². The normalized spacial score (nSPS) is 22.0. The largest absolute Gasteiger partial charge is 0.176 e. The minimum Gasteiger partial charge on any atom is -0.169 e. The van der Waals surface area contributed by atoms with Crippen LogP contribution in [0.15, 0.2) is 0 Å². The molecular formula is H7BP4. The lowest BCUT2D eigenvalue weighted by Crippen LogP contribution is -1.40. The van der Waals surface area contributed by atoms with E-state index < -0.39 is 8.09 Å². The molecule has 0 saturated heterocycles. The molecule has 4 unspecified atom stereocenters. The number of hydrogen-bond acceptors (Lipinski definition) is 0. The third-order valence-electron chi connectivity index (χ3n) is 0.149. The first kappa shape index (κ1) is 3.75. The maximum Gasteiger partial charge on any atom is 0.176 e. The molecule has 0 nitrogen and oxygen atoms in total. The van der Waals surface area contributed by atoms with Gasteiger partial charge >= 0.3 is 0 Å². The summed E-state index contributed by atoms with van der Waals surface area (Å²) in [4.78, 5) is 0. The van der Waals surface area contributed by atoms with Gasteiger partial charge in [0.25, 0.3) is 0 Å². The van der Waals surface area contributed by atoms with E-state index in [4.69, 9.17) is 2.61 Å². The van der Waals surface area contributed by atoms with Gasteiger partial charge in [-0.2, -0.15) is 9.12 Å². The Morgan fingerprint density at radius 2 is 2.80 bits per heavy atom. The highest BCUT2D eigenvalue weighted by Crippen LogP contribution is 2.42. The Labute approximate surface area is 44.2 Å². The van der Waals surface area contributed by atoms with Crippen molar-refractivity contribution in [2.24, 2.45) is 0 Å². The van der Waals surface area contributed by atoms with E-state index >= 15 is 0 Å². The van der Waals surface area contributed by atoms with Crippen molar-refractivity contribution in [1.29, 1.82) is 2.61 Å². The molecule has 0 aliphatic heterocycles. The van der Waals surface area contributed by atoms with Crippen LogP contribution in [0.2, 0.25) is 0 Å². The molecular weight excluding hydrogens is 135 g/mol. The van der Waals surface area contributed by atoms with Gasteiger partial charge < -0.3 is 0 Å². The van der Waals surface area contributed by atoms with Crippen LogP contribution in [0.1, 0.15) is 0 Å². The Kier molecular flexibility index (Phi) is 4.33. The molecule has 5 heavy (non-hydrogen) atoms. The SMILES string of the molecule is [2H]B(P)P([2H])PP. The van der Waals surface area contributed by atoms with E-state index in [2.05, 4.69) is 18.0 Å². The second-order valence-electron chi connectivity index (χ2n) is 0.407. The third kappa shape index (κ3) is 5.78. The second-order valence-corrected chi connectivity index (χ2v) is 5.99. The Morgan fingerprint density at radius 3 is 2.80 bits per heavy atom. The predicted octanol–water partition coefficient (Wildman–Crippen LogP) is 1.19. The van der Waals surface area contributed by atoms with Crippen LogP contribution < -0.4 is 0 Å². The lowest BCUT2D eigenvalue weighted by molar-refractivity contribution is 4.70. The first-order chi connectivity index (χ1) is 3.18. The van der Waals surface area contributed by atoms with Gasteiger partial charge in [-0.15, -0.1) is 17.0 Å². The molecule has 0 rings (SSSR count). The van der Waals surface area contributed by atoms with Crippen LogP contribution >= 0.6 is 34.1 Å². The maximum absolute atomic E-state index is 7.12. The quantitative estimate of drug-likeness (QED) is 0.403. The molecule has 5 heteroatoms. The summed E-state index contributed by atoms with van der Waals surface area (Å²) in [6, 6.07) is 0. The molecule has 4 atom stereocenters. The molecule has 30 valence electrons. The van der Waals surface area contributed by atoms with E-state index in [1.54, 1.807) is 0 Å². The average Bonchev–Trinajstić information content (AvgIpc) is 1.65. The molecule has 0 aliphatic carbocycles. The molecule has 0 amide bonds. The van der Waals surface area contributed by atoms with Crippen LogP contribution in [0, 0.1) is 0 Å². The summed E-state index contributed by atoms with van der Waals surface area (Å²) in [7, 11) is 4.60. The highest BCUT2D eigenvalue weighted by Gasteiger charge is 1.70. The summed E-state index contributed by atoms with van der Waals surface area (Å²) in [5, 5.41) is 0. The average molecular weight is 144 g/mol. The van der Waals surface area contributed by atoms with Crippen LogP contribution in [-0.4, -0.2) is 9.30 Å². The monoisotopic (exact) mass is 144 g/mol. The molecule has 0 aliphatic rings. The van der Waals surface area contributed by atoms with Crippen molar-refractivity contribution in [3.8, 4) is 0 Å². The molecule has 0 N–H and O–H groups in total. The first-order valence-corrected chi connectivity index (χ1v) is 6.39. The Balaban J connectivity index is 3.14. The zero-order chi connectivity index (χ0) is 5.86. The fourth-order valence-corrected chi connectivity index (χ4v) is 3.49. The fraction of sp³-hybridized carbons (Fsp3) is 0. The summed E-state index contributed by atoms with van der Waals surface area (Å²) in [5.41, 5.74) is 0. The second kappa shape index (κ2) is 5.78. The highest BCUT2D eigenvalue weighted by molar-refractivity contribution is 8.48. The van der Waals surface area contributed by atoms with Crippen molar-refractivity contribution < 1.29 is 0 Å².